The van der Waals surface area contributed by atoms with Gasteiger partial charge in [0.15, 0.2) is 11.5 Å². The Kier molecular flexibility index (Phi) is 3.55. The van der Waals surface area contributed by atoms with Gasteiger partial charge in [-0.25, -0.2) is 4.98 Å². The maximum atomic E-state index is 11.9. The molecule has 1 amide bonds. The van der Waals surface area contributed by atoms with E-state index in [9.17, 15) is 4.79 Å². The highest BCUT2D eigenvalue weighted by atomic mass is 16.5. The van der Waals surface area contributed by atoms with Gasteiger partial charge in [0.1, 0.15) is 0 Å². The van der Waals surface area contributed by atoms with Gasteiger partial charge in [0.25, 0.3) is 5.91 Å². The predicted octanol–water partition coefficient (Wildman–Crippen LogP) is 1.87. The second kappa shape index (κ2) is 5.66. The van der Waals surface area contributed by atoms with Gasteiger partial charge >= 0.3 is 0 Å². The summed E-state index contributed by atoms with van der Waals surface area (Å²) in [6.45, 7) is 3.05. The van der Waals surface area contributed by atoms with Crippen LogP contribution in [0.2, 0.25) is 0 Å². The van der Waals surface area contributed by atoms with Crippen molar-refractivity contribution < 1.29 is 13.7 Å². The summed E-state index contributed by atoms with van der Waals surface area (Å²) in [5.41, 5.74) is 1.17. The molecule has 0 atom stereocenters. The fraction of sp³-hybridized carbons (Fsp3) is 0.214. The highest BCUT2D eigenvalue weighted by Crippen LogP contribution is 2.20. The second-order valence-corrected chi connectivity index (χ2v) is 4.56. The van der Waals surface area contributed by atoms with Crippen LogP contribution in [0.1, 0.15) is 16.2 Å². The van der Waals surface area contributed by atoms with E-state index in [2.05, 4.69) is 15.5 Å². The van der Waals surface area contributed by atoms with Crippen molar-refractivity contribution in [1.82, 2.24) is 20.0 Å². The smallest absolute Gasteiger partial charge is 0.273 e. The first-order valence-corrected chi connectivity index (χ1v) is 6.49. The summed E-state index contributed by atoms with van der Waals surface area (Å²) >= 11 is 0. The van der Waals surface area contributed by atoms with E-state index in [0.29, 0.717) is 24.6 Å². The van der Waals surface area contributed by atoms with Gasteiger partial charge in [0, 0.05) is 25.4 Å². The van der Waals surface area contributed by atoms with Crippen LogP contribution in [0, 0.1) is 6.92 Å². The molecule has 0 aliphatic carbocycles. The molecule has 7 heteroatoms. The Balaban J connectivity index is 1.56. The van der Waals surface area contributed by atoms with E-state index < -0.39 is 0 Å². The fourth-order valence-electron chi connectivity index (χ4n) is 1.90. The molecule has 0 spiro atoms. The summed E-state index contributed by atoms with van der Waals surface area (Å²) in [5, 5.41) is 6.51. The average Bonchev–Trinajstić information content (AvgIpc) is 3.19. The highest BCUT2D eigenvalue weighted by molar-refractivity contribution is 5.92. The number of amides is 1. The lowest BCUT2D eigenvalue weighted by Gasteiger charge is -2.03. The minimum atomic E-state index is -0.284. The van der Waals surface area contributed by atoms with Crippen LogP contribution in [0.25, 0.3) is 11.5 Å². The minimum Gasteiger partial charge on any atom is -0.461 e. The van der Waals surface area contributed by atoms with E-state index in [1.54, 1.807) is 24.5 Å². The molecule has 0 aliphatic heterocycles. The van der Waals surface area contributed by atoms with Crippen LogP contribution in [0.5, 0.6) is 0 Å². The molecule has 108 valence electrons. The van der Waals surface area contributed by atoms with Crippen molar-refractivity contribution in [2.45, 2.75) is 13.5 Å². The van der Waals surface area contributed by atoms with Crippen LogP contribution in [0.15, 0.2) is 45.9 Å². The molecule has 0 saturated heterocycles. The van der Waals surface area contributed by atoms with Gasteiger partial charge in [-0.2, -0.15) is 0 Å². The second-order valence-electron chi connectivity index (χ2n) is 4.56. The number of hydrogen-bond donors (Lipinski definition) is 1. The van der Waals surface area contributed by atoms with Gasteiger partial charge in [-0.1, -0.05) is 5.16 Å². The SMILES string of the molecule is Cc1cn(CCNC(=O)c2cc(-c3ccco3)on2)cn1. The van der Waals surface area contributed by atoms with Crippen LogP contribution in [0.3, 0.4) is 0 Å². The third-order valence-electron chi connectivity index (χ3n) is 2.92. The maximum Gasteiger partial charge on any atom is 0.273 e. The summed E-state index contributed by atoms with van der Waals surface area (Å²) < 4.78 is 12.2. The Bertz CT molecular complexity index is 727. The van der Waals surface area contributed by atoms with Gasteiger partial charge in [-0.15, -0.1) is 0 Å². The first kappa shape index (κ1) is 13.2. The van der Waals surface area contributed by atoms with E-state index in [-0.39, 0.29) is 11.6 Å². The lowest BCUT2D eigenvalue weighted by Crippen LogP contribution is -2.27. The number of aromatic nitrogens is 3. The largest absolute Gasteiger partial charge is 0.461 e. The molecule has 3 heterocycles. The van der Waals surface area contributed by atoms with Crippen molar-refractivity contribution in [3.05, 3.63) is 48.4 Å². The van der Waals surface area contributed by atoms with Crippen molar-refractivity contribution in [2.75, 3.05) is 6.54 Å². The Morgan fingerprint density at radius 2 is 2.33 bits per heavy atom. The Labute approximate surface area is 120 Å². The zero-order valence-corrected chi connectivity index (χ0v) is 11.4. The quantitative estimate of drug-likeness (QED) is 0.773. The maximum absolute atomic E-state index is 11.9. The van der Waals surface area contributed by atoms with Gasteiger partial charge < -0.3 is 18.8 Å². The zero-order chi connectivity index (χ0) is 14.7. The lowest BCUT2D eigenvalue weighted by atomic mass is 10.3. The Morgan fingerprint density at radius 3 is 3.05 bits per heavy atom. The minimum absolute atomic E-state index is 0.225. The van der Waals surface area contributed by atoms with Crippen molar-refractivity contribution in [2.24, 2.45) is 0 Å². The first-order chi connectivity index (χ1) is 10.2. The highest BCUT2D eigenvalue weighted by Gasteiger charge is 2.14. The van der Waals surface area contributed by atoms with Crippen LogP contribution >= 0.6 is 0 Å². The van der Waals surface area contributed by atoms with Gasteiger partial charge in [-0.05, 0) is 19.1 Å². The molecule has 0 fully saturated rings. The van der Waals surface area contributed by atoms with Gasteiger partial charge in [-0.3, -0.25) is 4.79 Å². The molecule has 0 unspecified atom stereocenters. The molecule has 3 aromatic rings. The van der Waals surface area contributed by atoms with Crippen molar-refractivity contribution in [3.8, 4) is 11.5 Å². The molecule has 3 rings (SSSR count). The third-order valence-corrected chi connectivity index (χ3v) is 2.92. The van der Waals surface area contributed by atoms with Crippen LogP contribution in [-0.4, -0.2) is 27.2 Å². The molecule has 0 aromatic carbocycles. The molecule has 0 saturated carbocycles. The Morgan fingerprint density at radius 1 is 1.43 bits per heavy atom. The number of carbonyl (C=O) groups is 1. The molecule has 0 aliphatic rings. The average molecular weight is 286 g/mol. The van der Waals surface area contributed by atoms with Gasteiger partial charge in [0.05, 0.1) is 18.3 Å². The van der Waals surface area contributed by atoms with Crippen molar-refractivity contribution >= 4 is 5.91 Å². The summed E-state index contributed by atoms with van der Waals surface area (Å²) in [7, 11) is 0. The zero-order valence-electron chi connectivity index (χ0n) is 11.4. The number of furan rings is 1. The summed E-state index contributed by atoms with van der Waals surface area (Å²) in [5.74, 6) is 0.680. The molecule has 3 aromatic heterocycles. The molecule has 0 radical (unpaired) electrons. The topological polar surface area (TPSA) is 86.1 Å². The molecular formula is C14H14N4O3. The fourth-order valence-corrected chi connectivity index (χ4v) is 1.90. The number of carbonyl (C=O) groups excluding carboxylic acids is 1. The van der Waals surface area contributed by atoms with Crippen molar-refractivity contribution in [1.29, 1.82) is 0 Å². The van der Waals surface area contributed by atoms with Gasteiger partial charge in [0.2, 0.25) is 5.76 Å². The van der Waals surface area contributed by atoms with E-state index in [0.717, 1.165) is 5.69 Å². The Hall–Kier alpha value is -2.83. The van der Waals surface area contributed by atoms with Crippen LogP contribution < -0.4 is 5.32 Å². The molecular weight excluding hydrogens is 272 g/mol. The number of imidazole rings is 1. The van der Waals surface area contributed by atoms with E-state index in [4.69, 9.17) is 8.94 Å². The van der Waals surface area contributed by atoms with E-state index in [1.807, 2.05) is 17.7 Å². The summed E-state index contributed by atoms with van der Waals surface area (Å²) in [6, 6.07) is 5.03. The molecule has 0 bridgehead atoms. The number of rotatable bonds is 5. The van der Waals surface area contributed by atoms with E-state index in [1.165, 1.54) is 6.26 Å². The summed E-state index contributed by atoms with van der Waals surface area (Å²) in [4.78, 5) is 16.1. The predicted molar refractivity (Wildman–Crippen MR) is 73.5 cm³/mol. The standard InChI is InChI=1S/C14H14N4O3/c1-10-8-18(9-16-10)5-4-15-14(19)11-7-13(21-17-11)12-3-2-6-20-12/h2-3,6-9H,4-5H2,1H3,(H,15,19). The first-order valence-electron chi connectivity index (χ1n) is 6.49. The molecule has 7 nitrogen and oxygen atoms in total. The number of nitrogens with one attached hydrogen (secondary N) is 1. The van der Waals surface area contributed by atoms with E-state index >= 15 is 0 Å². The van der Waals surface area contributed by atoms with Crippen LogP contribution in [0.4, 0.5) is 0 Å². The number of aryl methyl sites for hydroxylation is 1. The van der Waals surface area contributed by atoms with Crippen molar-refractivity contribution in [3.63, 3.8) is 0 Å². The monoisotopic (exact) mass is 286 g/mol. The molecule has 21 heavy (non-hydrogen) atoms. The van der Waals surface area contributed by atoms with Crippen LogP contribution in [-0.2, 0) is 6.54 Å². The third kappa shape index (κ3) is 3.02. The summed E-state index contributed by atoms with van der Waals surface area (Å²) in [6.07, 6.45) is 5.18. The molecule has 1 N–H and O–H groups in total. The normalized spacial score (nSPS) is 10.7. The number of hydrogen-bond acceptors (Lipinski definition) is 5. The number of nitrogens with zero attached hydrogens (tertiary/aromatic N) is 3. The lowest BCUT2D eigenvalue weighted by molar-refractivity contribution is 0.0943.